The molecule has 0 saturated carbocycles. The topological polar surface area (TPSA) is 85.8 Å². The molecule has 0 aliphatic heterocycles. The molecule has 1 atom stereocenters. The Kier molecular flexibility index (Phi) is 5.02. The van der Waals surface area contributed by atoms with Crippen molar-refractivity contribution in [3.8, 4) is 5.82 Å². The molecule has 0 aromatic carbocycles. The van der Waals surface area contributed by atoms with Crippen LogP contribution in [0.2, 0.25) is 0 Å². The van der Waals surface area contributed by atoms with Gasteiger partial charge in [0.2, 0.25) is 5.95 Å². The molecule has 1 unspecified atom stereocenters. The van der Waals surface area contributed by atoms with Crippen molar-refractivity contribution in [2.45, 2.75) is 19.1 Å². The fraction of sp³-hybridized carbons (Fsp3) is 0.188. The van der Waals surface area contributed by atoms with Gasteiger partial charge in [-0.05, 0) is 57.0 Å². The van der Waals surface area contributed by atoms with Gasteiger partial charge in [-0.2, -0.15) is 23.0 Å². The van der Waals surface area contributed by atoms with Gasteiger partial charge in [0.15, 0.2) is 17.3 Å². The second kappa shape index (κ2) is 7.37. The van der Waals surface area contributed by atoms with Gasteiger partial charge < -0.3 is 5.32 Å². The molecule has 0 fully saturated rings. The van der Waals surface area contributed by atoms with Crippen LogP contribution in [0.25, 0.3) is 11.5 Å². The van der Waals surface area contributed by atoms with Crippen LogP contribution in [0.4, 0.5) is 19.1 Å². The van der Waals surface area contributed by atoms with Crippen molar-refractivity contribution >= 4 is 43.5 Å². The molecule has 0 radical (unpaired) electrons. The first-order valence-electron chi connectivity index (χ1n) is 8.14. The number of pyridine rings is 2. The smallest absolute Gasteiger partial charge is 0.344 e. The standard InChI is InChI=1S/C16H11Br2F3N8/c1-8(13-23-7-24-29(13)12-3-2-9(17)5-22-12)25-15-27-26-14-11(16(19,20)21)4-10(18)6-28(14)15/h2-8H,1H3,(H,25,27). The maximum Gasteiger partial charge on any atom is 0.420 e. The largest absolute Gasteiger partial charge is 0.420 e. The van der Waals surface area contributed by atoms with E-state index in [9.17, 15) is 13.2 Å². The number of halogens is 5. The number of fused-ring (bicyclic) bond motifs is 1. The van der Waals surface area contributed by atoms with Crippen molar-refractivity contribution in [3.05, 3.63) is 57.3 Å². The number of rotatable bonds is 4. The Morgan fingerprint density at radius 3 is 2.59 bits per heavy atom. The molecule has 29 heavy (non-hydrogen) atoms. The lowest BCUT2D eigenvalue weighted by molar-refractivity contribution is -0.136. The third-order valence-electron chi connectivity index (χ3n) is 4.01. The number of nitrogens with zero attached hydrogens (tertiary/aromatic N) is 7. The molecule has 4 aromatic heterocycles. The third kappa shape index (κ3) is 3.83. The summed E-state index contributed by atoms with van der Waals surface area (Å²) in [5, 5.41) is 14.8. The zero-order valence-electron chi connectivity index (χ0n) is 14.6. The Balaban J connectivity index is 1.69. The number of nitrogens with one attached hydrogen (secondary N) is 1. The Morgan fingerprint density at radius 1 is 1.10 bits per heavy atom. The zero-order chi connectivity index (χ0) is 20.8. The number of anilines is 1. The molecule has 4 heterocycles. The van der Waals surface area contributed by atoms with Gasteiger partial charge in [-0.25, -0.2) is 9.97 Å². The van der Waals surface area contributed by atoms with Crippen molar-refractivity contribution in [1.82, 2.24) is 34.3 Å². The molecule has 8 nitrogen and oxygen atoms in total. The van der Waals surface area contributed by atoms with Crippen LogP contribution in [0.15, 0.2) is 45.9 Å². The Bertz CT molecular complexity index is 1170. The van der Waals surface area contributed by atoms with E-state index in [2.05, 4.69) is 62.4 Å². The summed E-state index contributed by atoms with van der Waals surface area (Å²) in [6, 6.07) is 4.08. The summed E-state index contributed by atoms with van der Waals surface area (Å²) in [4.78, 5) is 8.52. The van der Waals surface area contributed by atoms with Gasteiger partial charge >= 0.3 is 6.18 Å². The van der Waals surface area contributed by atoms with Gasteiger partial charge in [0.25, 0.3) is 0 Å². The lowest BCUT2D eigenvalue weighted by atomic mass is 10.2. The fourth-order valence-electron chi connectivity index (χ4n) is 2.74. The second-order valence-electron chi connectivity index (χ2n) is 6.02. The molecule has 150 valence electrons. The van der Waals surface area contributed by atoms with Gasteiger partial charge in [-0.15, -0.1) is 10.2 Å². The lowest BCUT2D eigenvalue weighted by Gasteiger charge is -2.14. The van der Waals surface area contributed by atoms with Crippen molar-refractivity contribution in [2.24, 2.45) is 0 Å². The zero-order valence-corrected chi connectivity index (χ0v) is 17.7. The Hall–Kier alpha value is -2.54. The van der Waals surface area contributed by atoms with Crippen molar-refractivity contribution < 1.29 is 13.2 Å². The molecule has 1 N–H and O–H groups in total. The third-order valence-corrected chi connectivity index (χ3v) is 4.92. The fourth-order valence-corrected chi connectivity index (χ4v) is 3.41. The minimum atomic E-state index is -4.56. The molecular weight excluding hydrogens is 521 g/mol. The maximum absolute atomic E-state index is 13.3. The number of aromatic nitrogens is 7. The molecular formula is C16H11Br2F3N8. The molecule has 0 aliphatic carbocycles. The summed E-state index contributed by atoms with van der Waals surface area (Å²) in [5.74, 6) is 1.18. The summed E-state index contributed by atoms with van der Waals surface area (Å²) < 4.78 is 43.8. The van der Waals surface area contributed by atoms with Crippen molar-refractivity contribution in [3.63, 3.8) is 0 Å². The molecule has 13 heteroatoms. The maximum atomic E-state index is 13.3. The van der Waals surface area contributed by atoms with Crippen LogP contribution in [-0.2, 0) is 6.18 Å². The van der Waals surface area contributed by atoms with E-state index >= 15 is 0 Å². The van der Waals surface area contributed by atoms with E-state index in [0.29, 0.717) is 11.6 Å². The van der Waals surface area contributed by atoms with Crippen LogP contribution < -0.4 is 5.32 Å². The monoisotopic (exact) mass is 530 g/mol. The van der Waals surface area contributed by atoms with Crippen LogP contribution >= 0.6 is 31.9 Å². The van der Waals surface area contributed by atoms with Gasteiger partial charge in [-0.3, -0.25) is 4.40 Å². The summed E-state index contributed by atoms with van der Waals surface area (Å²) in [6.45, 7) is 1.78. The van der Waals surface area contributed by atoms with E-state index in [4.69, 9.17) is 0 Å². The van der Waals surface area contributed by atoms with Crippen LogP contribution in [-0.4, -0.2) is 34.3 Å². The highest BCUT2D eigenvalue weighted by atomic mass is 79.9. The molecule has 0 bridgehead atoms. The second-order valence-corrected chi connectivity index (χ2v) is 7.85. The van der Waals surface area contributed by atoms with Gasteiger partial charge in [-0.1, -0.05) is 0 Å². The van der Waals surface area contributed by atoms with Crippen molar-refractivity contribution in [1.29, 1.82) is 0 Å². The highest BCUT2D eigenvalue weighted by Crippen LogP contribution is 2.34. The minimum Gasteiger partial charge on any atom is -0.344 e. The number of alkyl halides is 3. The highest BCUT2D eigenvalue weighted by Gasteiger charge is 2.35. The molecule has 0 saturated heterocycles. The van der Waals surface area contributed by atoms with E-state index in [1.807, 2.05) is 6.07 Å². The summed E-state index contributed by atoms with van der Waals surface area (Å²) in [5.41, 5.74) is -1.19. The number of hydrogen-bond donors (Lipinski definition) is 1. The predicted octanol–water partition coefficient (Wildman–Crippen LogP) is 4.42. The Morgan fingerprint density at radius 2 is 1.90 bits per heavy atom. The predicted molar refractivity (Wildman–Crippen MR) is 105 cm³/mol. The minimum absolute atomic E-state index is 0.137. The molecule has 0 spiro atoms. The SMILES string of the molecule is CC(Nc1nnc2c(C(F)(F)F)cc(Br)cn12)c1ncnn1-c1ccc(Br)cn1. The molecule has 4 rings (SSSR count). The van der Waals surface area contributed by atoms with E-state index < -0.39 is 17.8 Å². The highest BCUT2D eigenvalue weighted by molar-refractivity contribution is 9.10. The normalized spacial score (nSPS) is 13.0. The van der Waals surface area contributed by atoms with Crippen LogP contribution in [0.5, 0.6) is 0 Å². The summed E-state index contributed by atoms with van der Waals surface area (Å²) in [6.07, 6.45) is -0.104. The molecule has 4 aromatic rings. The lowest BCUT2D eigenvalue weighted by Crippen LogP contribution is -2.16. The van der Waals surface area contributed by atoms with Crippen LogP contribution in [0.1, 0.15) is 24.4 Å². The average Bonchev–Trinajstić information content (AvgIpc) is 3.29. The first kappa shape index (κ1) is 19.8. The summed E-state index contributed by atoms with van der Waals surface area (Å²) >= 11 is 6.43. The van der Waals surface area contributed by atoms with E-state index in [1.165, 1.54) is 21.6 Å². The average molecular weight is 532 g/mol. The Labute approximate surface area is 178 Å². The van der Waals surface area contributed by atoms with E-state index in [1.54, 1.807) is 19.2 Å². The quantitative estimate of drug-likeness (QED) is 0.419. The first-order chi connectivity index (χ1) is 13.7. The van der Waals surface area contributed by atoms with Gasteiger partial charge in [0, 0.05) is 21.3 Å². The van der Waals surface area contributed by atoms with Crippen LogP contribution in [0.3, 0.4) is 0 Å². The van der Waals surface area contributed by atoms with Crippen molar-refractivity contribution in [2.75, 3.05) is 5.32 Å². The van der Waals surface area contributed by atoms with Crippen LogP contribution in [0, 0.1) is 0 Å². The molecule has 0 amide bonds. The van der Waals surface area contributed by atoms with Gasteiger partial charge in [0.1, 0.15) is 11.9 Å². The summed E-state index contributed by atoms with van der Waals surface area (Å²) in [7, 11) is 0. The first-order valence-corrected chi connectivity index (χ1v) is 9.72. The number of hydrogen-bond acceptors (Lipinski definition) is 6. The van der Waals surface area contributed by atoms with E-state index in [0.717, 1.165) is 10.5 Å². The van der Waals surface area contributed by atoms with Gasteiger partial charge in [0.05, 0.1) is 6.04 Å². The van der Waals surface area contributed by atoms with E-state index in [-0.39, 0.29) is 16.1 Å². The molecule has 0 aliphatic rings.